The van der Waals surface area contributed by atoms with E-state index in [9.17, 15) is 24.0 Å². The molecule has 1 aliphatic heterocycles. The molecule has 0 radical (unpaired) electrons. The number of nitrogens with one attached hydrogen (secondary N) is 3. The molecule has 0 aliphatic carbocycles. The molecule has 1 fully saturated rings. The van der Waals surface area contributed by atoms with Gasteiger partial charge in [0.1, 0.15) is 0 Å². The zero-order valence-corrected chi connectivity index (χ0v) is 19.3. The molecule has 3 rings (SSSR count). The summed E-state index contributed by atoms with van der Waals surface area (Å²) in [5.41, 5.74) is 7.22. The smallest absolute Gasteiger partial charge is 0.311 e. The quantitative estimate of drug-likeness (QED) is 0.379. The van der Waals surface area contributed by atoms with Gasteiger partial charge in [0, 0.05) is 16.5 Å². The predicted octanol–water partition coefficient (Wildman–Crippen LogP) is 1.60. The number of hydrogen-bond acceptors (Lipinski definition) is 6. The molecule has 1 heterocycles. The number of carbonyl (C=O) groups is 5. The summed E-state index contributed by atoms with van der Waals surface area (Å²) in [6, 6.07) is 12.8. The van der Waals surface area contributed by atoms with Crippen molar-refractivity contribution in [3.63, 3.8) is 0 Å². The maximum absolute atomic E-state index is 12.3. The number of esters is 1. The van der Waals surface area contributed by atoms with Crippen molar-refractivity contribution in [2.75, 3.05) is 13.2 Å². The molecule has 3 N–H and O–H groups in total. The van der Waals surface area contributed by atoms with Gasteiger partial charge in [-0.05, 0) is 36.4 Å². The van der Waals surface area contributed by atoms with Crippen LogP contribution in [-0.4, -0.2) is 47.8 Å². The van der Waals surface area contributed by atoms with Crippen LogP contribution in [0.1, 0.15) is 27.1 Å². The summed E-state index contributed by atoms with van der Waals surface area (Å²) in [5, 5.41) is 1.25. The first-order valence-electron chi connectivity index (χ1n) is 9.62. The Kier molecular flexibility index (Phi) is 8.01. The van der Waals surface area contributed by atoms with E-state index in [4.69, 9.17) is 16.3 Å². The van der Waals surface area contributed by atoms with Crippen molar-refractivity contribution in [3.05, 3.63) is 69.2 Å². The summed E-state index contributed by atoms with van der Waals surface area (Å²) in [4.78, 5) is 60.5. The summed E-state index contributed by atoms with van der Waals surface area (Å²) in [7, 11) is 0. The summed E-state index contributed by atoms with van der Waals surface area (Å²) in [6.45, 7) is -0.762. The van der Waals surface area contributed by atoms with Crippen LogP contribution >= 0.6 is 27.5 Å². The van der Waals surface area contributed by atoms with E-state index in [1.807, 2.05) is 0 Å². The van der Waals surface area contributed by atoms with Gasteiger partial charge in [0.05, 0.1) is 23.0 Å². The second-order valence-electron chi connectivity index (χ2n) is 6.94. The molecule has 12 heteroatoms. The first-order chi connectivity index (χ1) is 15.7. The molecule has 0 aromatic heterocycles. The number of ether oxygens (including phenoxy) is 1. The minimum Gasteiger partial charge on any atom is -0.455 e. The van der Waals surface area contributed by atoms with E-state index in [1.165, 1.54) is 12.1 Å². The zero-order chi connectivity index (χ0) is 24.0. The van der Waals surface area contributed by atoms with Gasteiger partial charge in [-0.15, -0.1) is 0 Å². The molecule has 1 atom stereocenters. The van der Waals surface area contributed by atoms with E-state index in [-0.39, 0.29) is 23.6 Å². The molecule has 0 spiro atoms. The summed E-state index contributed by atoms with van der Waals surface area (Å²) in [5.74, 6) is -4.02. The highest BCUT2D eigenvalue weighted by molar-refractivity contribution is 9.10. The number of hydrazine groups is 2. The number of amides is 4. The van der Waals surface area contributed by atoms with Crippen molar-refractivity contribution in [3.8, 4) is 0 Å². The van der Waals surface area contributed by atoms with Gasteiger partial charge in [-0.25, -0.2) is 0 Å². The summed E-state index contributed by atoms with van der Waals surface area (Å²) < 4.78 is 5.72. The van der Waals surface area contributed by atoms with Crippen molar-refractivity contribution in [2.24, 2.45) is 5.92 Å². The van der Waals surface area contributed by atoms with Gasteiger partial charge in [0.15, 0.2) is 6.61 Å². The topological polar surface area (TPSA) is 134 Å². The van der Waals surface area contributed by atoms with Crippen LogP contribution in [0.2, 0.25) is 5.02 Å². The maximum atomic E-state index is 12.3. The van der Waals surface area contributed by atoms with Gasteiger partial charge < -0.3 is 4.74 Å². The van der Waals surface area contributed by atoms with E-state index >= 15 is 0 Å². The van der Waals surface area contributed by atoms with Gasteiger partial charge in [-0.2, -0.15) is 0 Å². The van der Waals surface area contributed by atoms with Crippen molar-refractivity contribution in [2.45, 2.75) is 6.42 Å². The molecule has 33 heavy (non-hydrogen) atoms. The highest BCUT2D eigenvalue weighted by Crippen LogP contribution is 2.18. The number of benzene rings is 2. The monoisotopic (exact) mass is 536 g/mol. The third-order valence-corrected chi connectivity index (χ3v) is 5.44. The number of nitrogens with zero attached hydrogens (tertiary/aromatic N) is 1. The fourth-order valence-corrected chi connectivity index (χ4v) is 3.38. The zero-order valence-electron chi connectivity index (χ0n) is 17.0. The fraction of sp³-hybridized carbons (Fsp3) is 0.190. The molecular weight excluding hydrogens is 520 g/mol. The van der Waals surface area contributed by atoms with Crippen molar-refractivity contribution >= 4 is 57.1 Å². The second kappa shape index (κ2) is 10.9. The lowest BCUT2D eigenvalue weighted by atomic mass is 10.1. The van der Waals surface area contributed by atoms with Gasteiger partial charge in [-0.3, -0.25) is 45.3 Å². The molecule has 172 valence electrons. The average Bonchev–Trinajstić information content (AvgIpc) is 3.16. The Bertz CT molecular complexity index is 1090. The fourth-order valence-electron chi connectivity index (χ4n) is 2.89. The van der Waals surface area contributed by atoms with Crippen molar-refractivity contribution < 1.29 is 28.7 Å². The van der Waals surface area contributed by atoms with E-state index < -0.39 is 42.1 Å². The van der Waals surface area contributed by atoms with Crippen LogP contribution in [0, 0.1) is 5.92 Å². The van der Waals surface area contributed by atoms with Gasteiger partial charge in [-0.1, -0.05) is 39.7 Å². The number of carbonyl (C=O) groups excluding carboxylic acids is 5. The van der Waals surface area contributed by atoms with E-state index in [0.29, 0.717) is 5.56 Å². The molecule has 0 unspecified atom stereocenters. The second-order valence-corrected chi connectivity index (χ2v) is 8.27. The minimum atomic E-state index is -0.853. The molecule has 1 saturated heterocycles. The van der Waals surface area contributed by atoms with E-state index in [2.05, 4.69) is 32.2 Å². The molecule has 2 aromatic carbocycles. The van der Waals surface area contributed by atoms with E-state index in [0.717, 1.165) is 9.48 Å². The van der Waals surface area contributed by atoms with Gasteiger partial charge in [0.2, 0.25) is 5.91 Å². The predicted molar refractivity (Wildman–Crippen MR) is 119 cm³/mol. The van der Waals surface area contributed by atoms with E-state index in [1.54, 1.807) is 36.4 Å². The van der Waals surface area contributed by atoms with Gasteiger partial charge >= 0.3 is 5.97 Å². The third-order valence-electron chi connectivity index (χ3n) is 4.58. The van der Waals surface area contributed by atoms with Crippen LogP contribution in [-0.2, 0) is 19.1 Å². The van der Waals surface area contributed by atoms with Crippen LogP contribution in [0.5, 0.6) is 0 Å². The van der Waals surface area contributed by atoms with Gasteiger partial charge in [0.25, 0.3) is 17.7 Å². The Morgan fingerprint density at radius 3 is 2.42 bits per heavy atom. The lowest BCUT2D eigenvalue weighted by Gasteiger charge is -2.17. The van der Waals surface area contributed by atoms with Crippen LogP contribution in [0.25, 0.3) is 0 Å². The van der Waals surface area contributed by atoms with Crippen molar-refractivity contribution in [1.82, 2.24) is 21.3 Å². The molecule has 4 amide bonds. The Balaban J connectivity index is 1.43. The Hall–Kier alpha value is -3.44. The van der Waals surface area contributed by atoms with Crippen molar-refractivity contribution in [1.29, 1.82) is 0 Å². The Labute approximate surface area is 201 Å². The molecule has 10 nitrogen and oxygen atoms in total. The number of rotatable bonds is 6. The number of halogens is 2. The normalized spacial score (nSPS) is 15.0. The molecule has 0 bridgehead atoms. The largest absolute Gasteiger partial charge is 0.455 e. The highest BCUT2D eigenvalue weighted by atomic mass is 79.9. The average molecular weight is 538 g/mol. The van der Waals surface area contributed by atoms with Crippen LogP contribution in [0.3, 0.4) is 0 Å². The SMILES string of the molecule is O=C(COC(=O)[C@@H]1CC(=O)N(NC(=O)c2ccc(Br)cc2)C1)NNC(=O)c1ccccc1Cl. The molecule has 2 aromatic rings. The Morgan fingerprint density at radius 1 is 1.03 bits per heavy atom. The van der Waals surface area contributed by atoms with Crippen LogP contribution in [0.15, 0.2) is 53.0 Å². The lowest BCUT2D eigenvalue weighted by molar-refractivity contribution is -0.152. The third kappa shape index (κ3) is 6.53. The summed E-state index contributed by atoms with van der Waals surface area (Å²) >= 11 is 9.17. The van der Waals surface area contributed by atoms with Crippen LogP contribution < -0.4 is 16.3 Å². The number of hydrogen-bond donors (Lipinski definition) is 3. The molecule has 1 aliphatic rings. The van der Waals surface area contributed by atoms with Crippen LogP contribution in [0.4, 0.5) is 0 Å². The standard InChI is InChI=1S/C21H18BrClN4O6/c22-14-7-5-12(6-8-14)19(30)26-27-10-13(9-18(27)29)21(32)33-11-17(28)24-25-20(31)15-3-1-2-4-16(15)23/h1-8,13H,9-11H2,(H,24,28)(H,25,31)(H,26,30)/t13-/m1/s1. The minimum absolute atomic E-state index is 0.0925. The lowest BCUT2D eigenvalue weighted by Crippen LogP contribution is -2.44. The molecule has 0 saturated carbocycles. The first kappa shape index (κ1) is 24.2. The summed E-state index contributed by atoms with van der Waals surface area (Å²) in [6.07, 6.45) is -0.176. The molecular formula is C21H18BrClN4O6. The highest BCUT2D eigenvalue weighted by Gasteiger charge is 2.36. The maximum Gasteiger partial charge on any atom is 0.311 e. The Morgan fingerprint density at radius 2 is 1.73 bits per heavy atom. The first-order valence-corrected chi connectivity index (χ1v) is 10.8.